The van der Waals surface area contributed by atoms with Crippen molar-refractivity contribution in [1.82, 2.24) is 4.90 Å². The molecule has 0 spiro atoms. The van der Waals surface area contributed by atoms with Gasteiger partial charge >= 0.3 is 0 Å². The Morgan fingerprint density at radius 3 is 1.92 bits per heavy atom. The van der Waals surface area contributed by atoms with E-state index in [1.807, 2.05) is 0 Å². The summed E-state index contributed by atoms with van der Waals surface area (Å²) in [6.07, 6.45) is 1.25. The Hall–Kier alpha value is -0.0400. The molecule has 0 aromatic heterocycles. The molecule has 1 heteroatoms. The summed E-state index contributed by atoms with van der Waals surface area (Å²) in [5.41, 5.74) is 0.430. The smallest absolute Gasteiger partial charge is 0.00644 e. The first kappa shape index (κ1) is 12.0. The monoisotopic (exact) mass is 171 g/mol. The quantitative estimate of drug-likeness (QED) is 0.628. The summed E-state index contributed by atoms with van der Waals surface area (Å²) >= 11 is 0. The molecule has 0 radical (unpaired) electrons. The summed E-state index contributed by atoms with van der Waals surface area (Å²) in [6.45, 7) is 16.1. The molecule has 0 fully saturated rings. The van der Waals surface area contributed by atoms with Crippen LogP contribution in [0.5, 0.6) is 0 Å². The Morgan fingerprint density at radius 1 is 1.17 bits per heavy atom. The molecule has 1 nitrogen and oxygen atoms in total. The highest BCUT2D eigenvalue weighted by Crippen LogP contribution is 2.17. The number of hydrogen-bond donors (Lipinski definition) is 0. The Morgan fingerprint density at radius 2 is 1.67 bits per heavy atom. The number of rotatable bonds is 4. The van der Waals surface area contributed by atoms with E-state index in [4.69, 9.17) is 0 Å². The third-order valence-corrected chi connectivity index (χ3v) is 2.30. The predicted molar refractivity (Wildman–Crippen MR) is 56.5 cm³/mol. The van der Waals surface area contributed by atoms with Crippen LogP contribution in [0.1, 0.15) is 48.0 Å². The van der Waals surface area contributed by atoms with E-state index in [1.54, 1.807) is 0 Å². The molecular formula is C11H25N. The van der Waals surface area contributed by atoms with Gasteiger partial charge in [-0.05, 0) is 25.3 Å². The van der Waals surface area contributed by atoms with Gasteiger partial charge in [0.25, 0.3) is 0 Å². The van der Waals surface area contributed by atoms with Gasteiger partial charge in [-0.25, -0.2) is 0 Å². The molecule has 1 unspecified atom stereocenters. The first-order valence-corrected chi connectivity index (χ1v) is 5.14. The molecule has 1 atom stereocenters. The van der Waals surface area contributed by atoms with Gasteiger partial charge in [0.05, 0.1) is 0 Å². The maximum Gasteiger partial charge on any atom is 0.00644 e. The summed E-state index contributed by atoms with van der Waals surface area (Å²) < 4.78 is 0. The van der Waals surface area contributed by atoms with Gasteiger partial charge in [-0.2, -0.15) is 0 Å². The minimum atomic E-state index is 0.430. The summed E-state index contributed by atoms with van der Waals surface area (Å²) in [5.74, 6) is 0. The minimum absolute atomic E-state index is 0.430. The third kappa shape index (κ3) is 4.76. The van der Waals surface area contributed by atoms with Crippen LogP contribution in [0.2, 0.25) is 0 Å². The highest BCUT2D eigenvalue weighted by molar-refractivity contribution is 4.72. The molecule has 0 aliphatic rings. The second-order valence-corrected chi connectivity index (χ2v) is 4.88. The molecule has 0 amide bonds. The van der Waals surface area contributed by atoms with Gasteiger partial charge in [0, 0.05) is 12.6 Å². The van der Waals surface area contributed by atoms with Gasteiger partial charge in [-0.15, -0.1) is 0 Å². The first-order chi connectivity index (χ1) is 5.40. The van der Waals surface area contributed by atoms with E-state index >= 15 is 0 Å². The topological polar surface area (TPSA) is 3.24 Å². The lowest BCUT2D eigenvalue weighted by Gasteiger charge is -2.33. The van der Waals surface area contributed by atoms with Gasteiger partial charge in [-0.1, -0.05) is 34.6 Å². The lowest BCUT2D eigenvalue weighted by molar-refractivity contribution is 0.151. The van der Waals surface area contributed by atoms with Crippen molar-refractivity contribution in [3.05, 3.63) is 0 Å². The highest BCUT2D eigenvalue weighted by atomic mass is 15.1. The Kier molecular flexibility index (Phi) is 4.84. The van der Waals surface area contributed by atoms with Gasteiger partial charge < -0.3 is 4.90 Å². The van der Waals surface area contributed by atoms with Crippen molar-refractivity contribution in [3.63, 3.8) is 0 Å². The molecule has 0 saturated heterocycles. The van der Waals surface area contributed by atoms with Crippen LogP contribution >= 0.6 is 0 Å². The van der Waals surface area contributed by atoms with Crippen LogP contribution in [0.4, 0.5) is 0 Å². The molecule has 0 aromatic rings. The lowest BCUT2D eigenvalue weighted by atomic mass is 9.95. The van der Waals surface area contributed by atoms with Crippen LogP contribution in [-0.2, 0) is 0 Å². The van der Waals surface area contributed by atoms with Crippen molar-refractivity contribution in [2.24, 2.45) is 5.41 Å². The van der Waals surface area contributed by atoms with E-state index in [2.05, 4.69) is 46.4 Å². The number of nitrogens with zero attached hydrogens (tertiary/aromatic N) is 1. The SMILES string of the molecule is CCC(C)N(CC)CC(C)(C)C. The fraction of sp³-hybridized carbons (Fsp3) is 1.00. The average molecular weight is 171 g/mol. The molecule has 0 saturated carbocycles. The molecule has 0 aromatic carbocycles. The Bertz CT molecular complexity index is 113. The predicted octanol–water partition coefficient (Wildman–Crippen LogP) is 3.15. The molecule has 0 rings (SSSR count). The van der Waals surface area contributed by atoms with E-state index in [9.17, 15) is 0 Å². The zero-order valence-electron chi connectivity index (χ0n) is 9.65. The molecule has 74 valence electrons. The van der Waals surface area contributed by atoms with Gasteiger partial charge in [0.2, 0.25) is 0 Å². The van der Waals surface area contributed by atoms with Gasteiger partial charge in [0.15, 0.2) is 0 Å². The molecule has 0 aliphatic heterocycles. The number of hydrogen-bond acceptors (Lipinski definition) is 1. The second kappa shape index (κ2) is 4.86. The summed E-state index contributed by atoms with van der Waals surface area (Å²) in [7, 11) is 0. The standard InChI is InChI=1S/C11H25N/c1-7-10(3)12(8-2)9-11(4,5)6/h10H,7-9H2,1-6H3. The van der Waals surface area contributed by atoms with Gasteiger partial charge in [0.1, 0.15) is 0 Å². The van der Waals surface area contributed by atoms with Crippen LogP contribution in [0.25, 0.3) is 0 Å². The van der Waals surface area contributed by atoms with Crippen LogP contribution in [0.3, 0.4) is 0 Å². The lowest BCUT2D eigenvalue weighted by Crippen LogP contribution is -2.38. The van der Waals surface area contributed by atoms with E-state index in [0.717, 1.165) is 6.04 Å². The minimum Gasteiger partial charge on any atom is -0.300 e. The first-order valence-electron chi connectivity index (χ1n) is 5.14. The average Bonchev–Trinajstić information content (AvgIpc) is 1.97. The summed E-state index contributed by atoms with van der Waals surface area (Å²) in [5, 5.41) is 0. The molecular weight excluding hydrogens is 146 g/mol. The maximum atomic E-state index is 2.56. The second-order valence-electron chi connectivity index (χ2n) is 4.88. The molecule has 0 N–H and O–H groups in total. The van der Waals surface area contributed by atoms with E-state index < -0.39 is 0 Å². The van der Waals surface area contributed by atoms with Crippen molar-refractivity contribution in [2.75, 3.05) is 13.1 Å². The fourth-order valence-corrected chi connectivity index (χ4v) is 1.45. The van der Waals surface area contributed by atoms with Crippen LogP contribution in [0.15, 0.2) is 0 Å². The Balaban J connectivity index is 3.99. The van der Waals surface area contributed by atoms with Crippen molar-refractivity contribution in [3.8, 4) is 0 Å². The maximum absolute atomic E-state index is 2.56. The van der Waals surface area contributed by atoms with Crippen LogP contribution in [0, 0.1) is 5.41 Å². The largest absolute Gasteiger partial charge is 0.300 e. The molecule has 0 heterocycles. The van der Waals surface area contributed by atoms with E-state index in [0.29, 0.717) is 5.41 Å². The van der Waals surface area contributed by atoms with Crippen molar-refractivity contribution < 1.29 is 0 Å². The fourth-order valence-electron chi connectivity index (χ4n) is 1.45. The Labute approximate surface area is 78.1 Å². The van der Waals surface area contributed by atoms with Crippen molar-refractivity contribution in [1.29, 1.82) is 0 Å². The normalized spacial score (nSPS) is 15.2. The van der Waals surface area contributed by atoms with Crippen molar-refractivity contribution >= 4 is 0 Å². The molecule has 12 heavy (non-hydrogen) atoms. The van der Waals surface area contributed by atoms with E-state index in [1.165, 1.54) is 19.5 Å². The zero-order valence-corrected chi connectivity index (χ0v) is 9.65. The van der Waals surface area contributed by atoms with E-state index in [-0.39, 0.29) is 0 Å². The van der Waals surface area contributed by atoms with Crippen LogP contribution in [-0.4, -0.2) is 24.0 Å². The third-order valence-electron chi connectivity index (χ3n) is 2.30. The van der Waals surface area contributed by atoms with Crippen LogP contribution < -0.4 is 0 Å². The molecule has 0 bridgehead atoms. The molecule has 0 aliphatic carbocycles. The van der Waals surface area contributed by atoms with Gasteiger partial charge in [-0.3, -0.25) is 0 Å². The zero-order chi connectivity index (χ0) is 9.78. The summed E-state index contributed by atoms with van der Waals surface area (Å²) in [4.78, 5) is 2.56. The highest BCUT2D eigenvalue weighted by Gasteiger charge is 2.18. The van der Waals surface area contributed by atoms with Crippen molar-refractivity contribution in [2.45, 2.75) is 54.0 Å². The summed E-state index contributed by atoms with van der Waals surface area (Å²) in [6, 6.07) is 0.731.